The van der Waals surface area contributed by atoms with Crippen LogP contribution < -0.4 is 0 Å². The Kier molecular flexibility index (Phi) is 8.27. The molecule has 4 heteroatoms. The highest BCUT2D eigenvalue weighted by molar-refractivity contribution is 5.90. The van der Waals surface area contributed by atoms with E-state index in [1.807, 2.05) is 13.8 Å². The van der Waals surface area contributed by atoms with Crippen LogP contribution in [0.25, 0.3) is 0 Å². The molecule has 0 aliphatic heterocycles. The molecular weight excluding hydrogens is 232 g/mol. The van der Waals surface area contributed by atoms with Crippen LogP contribution >= 0.6 is 0 Å². The van der Waals surface area contributed by atoms with E-state index in [1.165, 1.54) is 13.0 Å². The van der Waals surface area contributed by atoms with E-state index in [-0.39, 0.29) is 12.0 Å². The van der Waals surface area contributed by atoms with Gasteiger partial charge in [-0.15, -0.1) is 0 Å². The zero-order chi connectivity index (χ0) is 14.0. The minimum atomic E-state index is -0.984. The molecule has 0 fully saturated rings. The van der Waals surface area contributed by atoms with Gasteiger partial charge in [-0.3, -0.25) is 0 Å². The van der Waals surface area contributed by atoms with Gasteiger partial charge in [0.1, 0.15) is 0 Å². The predicted molar refractivity (Wildman–Crippen MR) is 70.2 cm³/mol. The molecule has 0 aliphatic carbocycles. The molecule has 1 N–H and O–H groups in total. The van der Waals surface area contributed by atoms with Gasteiger partial charge in [-0.25, -0.2) is 9.59 Å². The number of allylic oxidation sites excluding steroid dienone is 4. The number of carboxylic acids is 1. The van der Waals surface area contributed by atoms with Crippen molar-refractivity contribution in [2.45, 2.75) is 33.6 Å². The van der Waals surface area contributed by atoms with Crippen molar-refractivity contribution >= 4 is 11.9 Å². The standard InChI is InChI=1S/C14H20O4/c1-4-6-7-12(14(17)18-10-5-2)9-8-11(3)13(15)16/h4,6-8H,5,9-10H2,1-3H3,(H,15,16). The number of esters is 1. The summed E-state index contributed by atoms with van der Waals surface area (Å²) >= 11 is 0. The lowest BCUT2D eigenvalue weighted by atomic mass is 10.1. The summed E-state index contributed by atoms with van der Waals surface area (Å²) in [6.45, 7) is 5.61. The fourth-order valence-electron chi connectivity index (χ4n) is 1.07. The summed E-state index contributed by atoms with van der Waals surface area (Å²) in [5, 5.41) is 8.73. The number of hydrogen-bond donors (Lipinski definition) is 1. The Morgan fingerprint density at radius 2 is 2.00 bits per heavy atom. The number of rotatable bonds is 7. The molecule has 0 unspecified atom stereocenters. The summed E-state index contributed by atoms with van der Waals surface area (Å²) in [5.41, 5.74) is 0.659. The zero-order valence-electron chi connectivity index (χ0n) is 11.1. The summed E-state index contributed by atoms with van der Waals surface area (Å²) in [6, 6.07) is 0. The minimum absolute atomic E-state index is 0.213. The lowest BCUT2D eigenvalue weighted by Gasteiger charge is -2.05. The summed E-state index contributed by atoms with van der Waals surface area (Å²) in [4.78, 5) is 22.3. The van der Waals surface area contributed by atoms with Crippen LogP contribution in [0, 0.1) is 0 Å². The van der Waals surface area contributed by atoms with E-state index < -0.39 is 11.9 Å². The molecule has 0 saturated carbocycles. The smallest absolute Gasteiger partial charge is 0.334 e. The second kappa shape index (κ2) is 9.22. The molecule has 0 aromatic rings. The Morgan fingerprint density at radius 3 is 2.50 bits per heavy atom. The number of carboxylic acid groups (broad SMARTS) is 1. The van der Waals surface area contributed by atoms with Gasteiger partial charge in [0.15, 0.2) is 0 Å². The Morgan fingerprint density at radius 1 is 1.33 bits per heavy atom. The van der Waals surface area contributed by atoms with Crippen molar-refractivity contribution in [2.75, 3.05) is 6.61 Å². The lowest BCUT2D eigenvalue weighted by molar-refractivity contribution is -0.139. The van der Waals surface area contributed by atoms with E-state index in [9.17, 15) is 9.59 Å². The lowest BCUT2D eigenvalue weighted by Crippen LogP contribution is -2.08. The Hall–Kier alpha value is -1.84. The monoisotopic (exact) mass is 252 g/mol. The molecule has 0 spiro atoms. The van der Waals surface area contributed by atoms with E-state index >= 15 is 0 Å². The maximum atomic E-state index is 11.7. The first-order valence-electron chi connectivity index (χ1n) is 5.91. The summed E-state index contributed by atoms with van der Waals surface area (Å²) in [7, 11) is 0. The van der Waals surface area contributed by atoms with Crippen molar-refractivity contribution in [3.05, 3.63) is 35.5 Å². The fourth-order valence-corrected chi connectivity index (χ4v) is 1.07. The highest BCUT2D eigenvalue weighted by atomic mass is 16.5. The van der Waals surface area contributed by atoms with Crippen molar-refractivity contribution in [3.63, 3.8) is 0 Å². The molecule has 0 heterocycles. The Labute approximate surface area is 108 Å². The molecule has 0 aliphatic rings. The van der Waals surface area contributed by atoms with Crippen LogP contribution in [-0.2, 0) is 14.3 Å². The quantitative estimate of drug-likeness (QED) is 0.430. The number of carbonyl (C=O) groups excluding carboxylic acids is 1. The van der Waals surface area contributed by atoms with Gasteiger partial charge >= 0.3 is 11.9 Å². The molecule has 4 nitrogen and oxygen atoms in total. The van der Waals surface area contributed by atoms with Gasteiger partial charge < -0.3 is 9.84 Å². The van der Waals surface area contributed by atoms with Crippen molar-refractivity contribution in [3.8, 4) is 0 Å². The van der Waals surface area contributed by atoms with E-state index in [1.54, 1.807) is 18.2 Å². The summed E-state index contributed by atoms with van der Waals surface area (Å²) in [6.07, 6.45) is 7.68. The normalized spacial score (nSPS) is 12.8. The molecule has 0 aromatic heterocycles. The van der Waals surface area contributed by atoms with Gasteiger partial charge in [-0.1, -0.05) is 31.2 Å². The first-order valence-corrected chi connectivity index (χ1v) is 5.91. The van der Waals surface area contributed by atoms with Crippen LogP contribution in [0.2, 0.25) is 0 Å². The molecule has 0 atom stereocenters. The third-order valence-electron chi connectivity index (χ3n) is 2.15. The molecule has 0 amide bonds. The average Bonchev–Trinajstić information content (AvgIpc) is 2.35. The molecule has 0 rings (SSSR count). The minimum Gasteiger partial charge on any atom is -0.478 e. The van der Waals surface area contributed by atoms with Gasteiger partial charge in [0, 0.05) is 11.1 Å². The third kappa shape index (κ3) is 6.68. The van der Waals surface area contributed by atoms with E-state index in [2.05, 4.69) is 0 Å². The van der Waals surface area contributed by atoms with Crippen molar-refractivity contribution in [1.82, 2.24) is 0 Å². The van der Waals surface area contributed by atoms with E-state index in [0.29, 0.717) is 12.2 Å². The second-order valence-corrected chi connectivity index (χ2v) is 3.75. The largest absolute Gasteiger partial charge is 0.478 e. The number of carbonyl (C=O) groups is 2. The van der Waals surface area contributed by atoms with Crippen LogP contribution in [0.5, 0.6) is 0 Å². The van der Waals surface area contributed by atoms with E-state index in [0.717, 1.165) is 6.42 Å². The zero-order valence-corrected chi connectivity index (χ0v) is 11.1. The molecule has 100 valence electrons. The molecule has 18 heavy (non-hydrogen) atoms. The van der Waals surface area contributed by atoms with Crippen molar-refractivity contribution in [1.29, 1.82) is 0 Å². The van der Waals surface area contributed by atoms with Crippen LogP contribution in [0.4, 0.5) is 0 Å². The Balaban J connectivity index is 4.75. The summed E-state index contributed by atoms with van der Waals surface area (Å²) < 4.78 is 5.03. The predicted octanol–water partition coefficient (Wildman–Crippen LogP) is 2.86. The Bertz CT molecular complexity index is 375. The molecule has 0 bridgehead atoms. The highest BCUT2D eigenvalue weighted by Gasteiger charge is 2.09. The first-order chi connectivity index (χ1) is 8.52. The van der Waals surface area contributed by atoms with Crippen LogP contribution in [0.3, 0.4) is 0 Å². The highest BCUT2D eigenvalue weighted by Crippen LogP contribution is 2.09. The maximum Gasteiger partial charge on any atom is 0.334 e. The topological polar surface area (TPSA) is 63.6 Å². The number of ether oxygens (including phenoxy) is 1. The first kappa shape index (κ1) is 16.2. The van der Waals surface area contributed by atoms with Gasteiger partial charge in [0.2, 0.25) is 0 Å². The van der Waals surface area contributed by atoms with Gasteiger partial charge in [0.05, 0.1) is 6.61 Å². The van der Waals surface area contributed by atoms with Gasteiger partial charge in [-0.05, 0) is 26.7 Å². The van der Waals surface area contributed by atoms with E-state index in [4.69, 9.17) is 9.84 Å². The van der Waals surface area contributed by atoms with Crippen LogP contribution in [0.15, 0.2) is 35.5 Å². The maximum absolute atomic E-state index is 11.7. The SMILES string of the molecule is CC=CC=C(CC=C(C)C(=O)O)C(=O)OCCC. The van der Waals surface area contributed by atoms with Gasteiger partial charge in [-0.2, -0.15) is 0 Å². The second-order valence-electron chi connectivity index (χ2n) is 3.75. The molecule has 0 radical (unpaired) electrons. The van der Waals surface area contributed by atoms with Crippen LogP contribution in [-0.4, -0.2) is 23.7 Å². The fraction of sp³-hybridized carbons (Fsp3) is 0.429. The van der Waals surface area contributed by atoms with Crippen LogP contribution in [0.1, 0.15) is 33.6 Å². The van der Waals surface area contributed by atoms with Gasteiger partial charge in [0.25, 0.3) is 0 Å². The third-order valence-corrected chi connectivity index (χ3v) is 2.15. The van der Waals surface area contributed by atoms with Crippen molar-refractivity contribution < 1.29 is 19.4 Å². The summed E-state index contributed by atoms with van der Waals surface area (Å²) in [5.74, 6) is -1.38. The van der Waals surface area contributed by atoms with Crippen molar-refractivity contribution in [2.24, 2.45) is 0 Å². The number of hydrogen-bond acceptors (Lipinski definition) is 3. The molecule has 0 aromatic carbocycles. The average molecular weight is 252 g/mol. The number of aliphatic carboxylic acids is 1. The molecular formula is C14H20O4. The molecule has 0 saturated heterocycles.